The second kappa shape index (κ2) is 13.5. The first kappa shape index (κ1) is 17.5. The maximum absolute atomic E-state index is 10.5. The molecule has 0 heterocycles. The Balaban J connectivity index is 2.21. The van der Waals surface area contributed by atoms with E-state index < -0.39 is 0 Å². The Morgan fingerprint density at radius 1 is 0.550 bits per heavy atom. The van der Waals surface area contributed by atoms with Gasteiger partial charge in [0.2, 0.25) is 0 Å². The lowest BCUT2D eigenvalue weighted by atomic mass is 10.0. The van der Waals surface area contributed by atoms with Gasteiger partial charge in [-0.2, -0.15) is 0 Å². The largest absolute Gasteiger partial charge is 0.465 e. The third kappa shape index (κ3) is 10.3. The van der Waals surface area contributed by atoms with Crippen LogP contribution in [0.1, 0.15) is 103 Å². The summed E-state index contributed by atoms with van der Waals surface area (Å²) in [6.07, 6.45) is 21.4. The van der Waals surface area contributed by atoms with Crippen molar-refractivity contribution in [1.82, 2.24) is 0 Å². The fourth-order valence-corrected chi connectivity index (χ4v) is 3.22. The Labute approximate surface area is 125 Å². The van der Waals surface area contributed by atoms with Crippen LogP contribution in [0.2, 0.25) is 0 Å². The van der Waals surface area contributed by atoms with E-state index in [0.717, 1.165) is 12.8 Å². The zero-order chi connectivity index (χ0) is 14.3. The molecule has 1 rings (SSSR count). The van der Waals surface area contributed by atoms with Gasteiger partial charge < -0.3 is 4.74 Å². The number of rotatable bonds is 2. The molecule has 0 spiro atoms. The molecule has 1 fully saturated rings. The van der Waals surface area contributed by atoms with Crippen LogP contribution in [0.25, 0.3) is 0 Å². The quantitative estimate of drug-likeness (QED) is 0.600. The van der Waals surface area contributed by atoms with Crippen molar-refractivity contribution >= 4 is 6.47 Å². The zero-order valence-electron chi connectivity index (χ0n) is 13.3. The predicted octanol–water partition coefficient (Wildman–Crippen LogP) is 5.78. The first-order valence-corrected chi connectivity index (χ1v) is 9.02. The topological polar surface area (TPSA) is 26.3 Å². The molecule has 0 aromatic rings. The van der Waals surface area contributed by atoms with Gasteiger partial charge in [0.25, 0.3) is 6.47 Å². The summed E-state index contributed by atoms with van der Waals surface area (Å²) >= 11 is 0. The van der Waals surface area contributed by atoms with Crippen LogP contribution in [0.5, 0.6) is 0 Å². The highest BCUT2D eigenvalue weighted by molar-refractivity contribution is 5.37. The summed E-state index contributed by atoms with van der Waals surface area (Å²) in [6.45, 7) is 0.646. The van der Waals surface area contributed by atoms with Crippen LogP contribution in [-0.4, -0.2) is 12.6 Å². The molecule has 0 atom stereocenters. The maximum Gasteiger partial charge on any atom is 0.293 e. The summed E-state index contributed by atoms with van der Waals surface area (Å²) in [5.74, 6) is 0. The molecule has 20 heavy (non-hydrogen) atoms. The van der Waals surface area contributed by atoms with Crippen molar-refractivity contribution in [3.8, 4) is 0 Å². The van der Waals surface area contributed by atoms with Crippen LogP contribution in [0.4, 0.5) is 0 Å². The van der Waals surface area contributed by atoms with E-state index in [-0.39, 0.29) is 6.10 Å². The van der Waals surface area contributed by atoms with Crippen LogP contribution >= 0.6 is 0 Å². The highest BCUT2D eigenvalue weighted by Crippen LogP contribution is 2.18. The van der Waals surface area contributed by atoms with Crippen LogP contribution < -0.4 is 0 Å². The Kier molecular flexibility index (Phi) is 11.8. The van der Waals surface area contributed by atoms with E-state index in [1.807, 2.05) is 0 Å². The van der Waals surface area contributed by atoms with Gasteiger partial charge in [-0.3, -0.25) is 4.79 Å². The Hall–Kier alpha value is -0.530. The van der Waals surface area contributed by atoms with Gasteiger partial charge in [0.05, 0.1) is 0 Å². The smallest absolute Gasteiger partial charge is 0.293 e. The SMILES string of the molecule is O=COC1CCCCCCCCCCCCCCCC1. The summed E-state index contributed by atoms with van der Waals surface area (Å²) < 4.78 is 5.23. The zero-order valence-corrected chi connectivity index (χ0v) is 13.3. The van der Waals surface area contributed by atoms with Crippen molar-refractivity contribution in [1.29, 1.82) is 0 Å². The molecular formula is C18H34O2. The maximum atomic E-state index is 10.5. The monoisotopic (exact) mass is 282 g/mol. The van der Waals surface area contributed by atoms with E-state index in [0.29, 0.717) is 6.47 Å². The molecular weight excluding hydrogens is 248 g/mol. The summed E-state index contributed by atoms with van der Waals surface area (Å²) in [4.78, 5) is 10.5. The van der Waals surface area contributed by atoms with Gasteiger partial charge in [-0.1, -0.05) is 77.0 Å². The Morgan fingerprint density at radius 3 is 1.15 bits per heavy atom. The number of carbonyl (C=O) groups is 1. The molecule has 0 radical (unpaired) electrons. The standard InChI is InChI=1S/C18H34O2/c19-17-20-18-15-13-11-9-7-5-3-1-2-4-6-8-10-12-14-16-18/h17-18H,1-16H2. The highest BCUT2D eigenvalue weighted by Gasteiger charge is 2.08. The molecule has 118 valence electrons. The highest BCUT2D eigenvalue weighted by atomic mass is 16.5. The van der Waals surface area contributed by atoms with Crippen molar-refractivity contribution in [2.75, 3.05) is 0 Å². The van der Waals surface area contributed by atoms with Crippen LogP contribution in [0.3, 0.4) is 0 Å². The van der Waals surface area contributed by atoms with Crippen LogP contribution in [-0.2, 0) is 9.53 Å². The average Bonchev–Trinajstić information content (AvgIpc) is 2.46. The van der Waals surface area contributed by atoms with Gasteiger partial charge in [0.15, 0.2) is 0 Å². The van der Waals surface area contributed by atoms with Crippen molar-refractivity contribution in [3.63, 3.8) is 0 Å². The Morgan fingerprint density at radius 2 is 0.850 bits per heavy atom. The molecule has 0 aromatic carbocycles. The van der Waals surface area contributed by atoms with Gasteiger partial charge in [0.1, 0.15) is 6.10 Å². The van der Waals surface area contributed by atoms with Gasteiger partial charge in [-0.15, -0.1) is 0 Å². The molecule has 0 saturated heterocycles. The Bertz CT molecular complexity index is 197. The number of hydrogen-bond donors (Lipinski definition) is 0. The summed E-state index contributed by atoms with van der Waals surface area (Å²) in [5.41, 5.74) is 0. The molecule has 0 bridgehead atoms. The van der Waals surface area contributed by atoms with Crippen molar-refractivity contribution in [2.45, 2.75) is 109 Å². The van der Waals surface area contributed by atoms with E-state index in [4.69, 9.17) is 4.74 Å². The lowest BCUT2D eigenvalue weighted by molar-refractivity contribution is -0.134. The predicted molar refractivity (Wildman–Crippen MR) is 84.8 cm³/mol. The molecule has 0 aromatic heterocycles. The minimum atomic E-state index is 0.184. The van der Waals surface area contributed by atoms with E-state index in [1.54, 1.807) is 0 Å². The number of carbonyl (C=O) groups excluding carboxylic acids is 1. The lowest BCUT2D eigenvalue weighted by Crippen LogP contribution is -2.12. The number of ether oxygens (including phenoxy) is 1. The molecule has 0 aliphatic heterocycles. The molecule has 2 heteroatoms. The fourth-order valence-electron chi connectivity index (χ4n) is 3.22. The number of hydrogen-bond acceptors (Lipinski definition) is 2. The average molecular weight is 282 g/mol. The lowest BCUT2D eigenvalue weighted by Gasteiger charge is -2.14. The van der Waals surface area contributed by atoms with Crippen LogP contribution in [0, 0.1) is 0 Å². The second-order valence-corrected chi connectivity index (χ2v) is 6.38. The van der Waals surface area contributed by atoms with E-state index in [2.05, 4.69) is 0 Å². The first-order valence-electron chi connectivity index (χ1n) is 9.02. The fraction of sp³-hybridized carbons (Fsp3) is 0.944. The van der Waals surface area contributed by atoms with Crippen molar-refractivity contribution in [2.24, 2.45) is 0 Å². The van der Waals surface area contributed by atoms with Gasteiger partial charge in [-0.25, -0.2) is 0 Å². The molecule has 1 aliphatic carbocycles. The second-order valence-electron chi connectivity index (χ2n) is 6.38. The van der Waals surface area contributed by atoms with Gasteiger partial charge in [-0.05, 0) is 25.7 Å². The van der Waals surface area contributed by atoms with Gasteiger partial charge >= 0.3 is 0 Å². The molecule has 0 amide bonds. The molecule has 2 nitrogen and oxygen atoms in total. The minimum Gasteiger partial charge on any atom is -0.465 e. The van der Waals surface area contributed by atoms with E-state index in [1.165, 1.54) is 89.9 Å². The molecule has 0 unspecified atom stereocenters. The van der Waals surface area contributed by atoms with Crippen molar-refractivity contribution < 1.29 is 9.53 Å². The first-order chi connectivity index (χ1) is 9.93. The van der Waals surface area contributed by atoms with Crippen LogP contribution in [0.15, 0.2) is 0 Å². The minimum absolute atomic E-state index is 0.184. The summed E-state index contributed by atoms with van der Waals surface area (Å²) in [7, 11) is 0. The third-order valence-corrected chi connectivity index (χ3v) is 4.55. The van der Waals surface area contributed by atoms with E-state index >= 15 is 0 Å². The normalized spacial score (nSPS) is 22.8. The molecule has 1 aliphatic rings. The van der Waals surface area contributed by atoms with Gasteiger partial charge in [0, 0.05) is 0 Å². The van der Waals surface area contributed by atoms with E-state index in [9.17, 15) is 4.79 Å². The summed E-state index contributed by atoms with van der Waals surface area (Å²) in [5, 5.41) is 0. The third-order valence-electron chi connectivity index (χ3n) is 4.55. The molecule has 1 saturated carbocycles. The summed E-state index contributed by atoms with van der Waals surface area (Å²) in [6, 6.07) is 0. The van der Waals surface area contributed by atoms with Crippen molar-refractivity contribution in [3.05, 3.63) is 0 Å². The molecule has 0 N–H and O–H groups in total.